The van der Waals surface area contributed by atoms with Gasteiger partial charge in [-0.15, -0.1) is 0 Å². The Morgan fingerprint density at radius 3 is 2.64 bits per heavy atom. The van der Waals surface area contributed by atoms with Gasteiger partial charge >= 0.3 is 7.41 Å². The SMILES string of the molecule is CN(C)C(=O)Cc1ccc(Cl)cc1Nc1nccc(-c2cc(C#N)c3c(c2)C(C)(CO[Si](C)(C)C(C)(C)C)CN3[B]C=O)n1. The maximum absolute atomic E-state index is 12.4. The molecular formula is C32H39BClN6O3Si. The van der Waals surface area contributed by atoms with Crippen molar-refractivity contribution in [3.05, 3.63) is 64.3 Å². The second-order valence-electron chi connectivity index (χ2n) is 13.2. The van der Waals surface area contributed by atoms with Crippen molar-refractivity contribution in [2.45, 2.75) is 57.7 Å². The summed E-state index contributed by atoms with van der Waals surface area (Å²) >= 11 is 6.29. The molecule has 44 heavy (non-hydrogen) atoms. The molecule has 0 spiro atoms. The van der Waals surface area contributed by atoms with Crippen LogP contribution < -0.4 is 10.1 Å². The van der Waals surface area contributed by atoms with Crippen LogP contribution in [0, 0.1) is 11.3 Å². The first-order valence-electron chi connectivity index (χ1n) is 14.5. The average Bonchev–Trinajstić information content (AvgIpc) is 3.24. The van der Waals surface area contributed by atoms with Crippen LogP contribution in [0.5, 0.6) is 0 Å². The third kappa shape index (κ3) is 6.98. The zero-order valence-electron chi connectivity index (χ0n) is 26.7. The molecule has 9 nitrogen and oxygen atoms in total. The summed E-state index contributed by atoms with van der Waals surface area (Å²) in [5.74, 6) is 0.274. The molecule has 1 aromatic heterocycles. The summed E-state index contributed by atoms with van der Waals surface area (Å²) in [6.45, 7) is 14.1. The quantitative estimate of drug-likeness (QED) is 0.216. The number of nitrogens with one attached hydrogen (secondary N) is 1. The zero-order valence-corrected chi connectivity index (χ0v) is 28.4. The number of nitrogens with zero attached hydrogens (tertiary/aromatic N) is 5. The monoisotopic (exact) mass is 629 g/mol. The summed E-state index contributed by atoms with van der Waals surface area (Å²) in [7, 11) is 2.83. The maximum Gasteiger partial charge on any atom is 0.329 e. The van der Waals surface area contributed by atoms with E-state index in [2.05, 4.69) is 57.2 Å². The van der Waals surface area contributed by atoms with E-state index in [1.165, 1.54) is 12.3 Å². The number of halogens is 1. The highest BCUT2D eigenvalue weighted by molar-refractivity contribution is 6.74. The lowest BCUT2D eigenvalue weighted by atomic mass is 9.83. The van der Waals surface area contributed by atoms with E-state index in [4.69, 9.17) is 21.0 Å². The Morgan fingerprint density at radius 1 is 1.27 bits per heavy atom. The topological polar surface area (TPSA) is 111 Å². The van der Waals surface area contributed by atoms with Gasteiger partial charge in [-0.3, -0.25) is 4.79 Å². The van der Waals surface area contributed by atoms with Gasteiger partial charge in [-0.2, -0.15) is 5.26 Å². The molecule has 1 amide bonds. The lowest BCUT2D eigenvalue weighted by Gasteiger charge is -2.39. The van der Waals surface area contributed by atoms with Crippen molar-refractivity contribution in [3.8, 4) is 17.3 Å². The number of amides is 1. The number of carbonyl (C=O) groups excluding carboxylic acids is 2. The molecule has 0 aliphatic carbocycles. The molecule has 1 aliphatic rings. The largest absolute Gasteiger partial charge is 0.416 e. The van der Waals surface area contributed by atoms with Crippen molar-refractivity contribution >= 4 is 56.7 Å². The minimum Gasteiger partial charge on any atom is -0.416 e. The van der Waals surface area contributed by atoms with Crippen LogP contribution in [0.4, 0.5) is 17.3 Å². The first kappa shape index (κ1) is 33.2. The number of anilines is 3. The molecule has 1 atom stereocenters. The van der Waals surface area contributed by atoms with Crippen molar-refractivity contribution < 1.29 is 14.0 Å². The van der Waals surface area contributed by atoms with E-state index in [-0.39, 0.29) is 17.4 Å². The smallest absolute Gasteiger partial charge is 0.329 e. The Hall–Kier alpha value is -3.72. The highest BCUT2D eigenvalue weighted by Crippen LogP contribution is 2.46. The molecule has 1 aliphatic heterocycles. The lowest BCUT2D eigenvalue weighted by molar-refractivity contribution is -0.127. The molecule has 1 radical (unpaired) electrons. The molecule has 2 aromatic carbocycles. The molecule has 0 fully saturated rings. The standard InChI is InChI=1S/C32H39BClN6O3Si/c1-31(2,3)44(7,8)43-19-32(4)18-40(33-20-41)29-23(17-35)13-22(14-25(29)32)26-11-12-36-30(37-26)38-27-16-24(34)10-9-21(27)15-28(42)39(5)6/h9-14,16,20H,15,18-19H2,1-8H3,(H,36,37,38). The second-order valence-corrected chi connectivity index (χ2v) is 18.5. The van der Waals surface area contributed by atoms with Gasteiger partial charge in [0.15, 0.2) is 8.32 Å². The molecule has 0 bridgehead atoms. The van der Waals surface area contributed by atoms with Gasteiger partial charge in [0, 0.05) is 60.8 Å². The van der Waals surface area contributed by atoms with Crippen LogP contribution in [0.25, 0.3) is 11.3 Å². The van der Waals surface area contributed by atoms with Crippen molar-refractivity contribution in [2.75, 3.05) is 37.4 Å². The fourth-order valence-electron chi connectivity index (χ4n) is 4.90. The summed E-state index contributed by atoms with van der Waals surface area (Å²) < 4.78 is 6.69. The average molecular weight is 630 g/mol. The normalized spacial score (nSPS) is 16.2. The van der Waals surface area contributed by atoms with E-state index in [0.29, 0.717) is 46.8 Å². The van der Waals surface area contributed by atoms with Crippen molar-refractivity contribution in [1.29, 1.82) is 5.26 Å². The molecule has 3 aromatic rings. The number of benzene rings is 2. The van der Waals surface area contributed by atoms with Crippen LogP contribution in [0.3, 0.4) is 0 Å². The molecule has 0 saturated carbocycles. The molecule has 1 unspecified atom stereocenters. The molecule has 0 saturated heterocycles. The van der Waals surface area contributed by atoms with Crippen LogP contribution in [0.15, 0.2) is 42.6 Å². The minimum atomic E-state index is -2.08. The predicted molar refractivity (Wildman–Crippen MR) is 180 cm³/mol. The zero-order chi connectivity index (χ0) is 32.4. The number of carbonyl (C=O) groups is 2. The fourth-order valence-corrected chi connectivity index (χ4v) is 6.18. The first-order valence-corrected chi connectivity index (χ1v) is 17.7. The molecule has 12 heteroatoms. The van der Waals surface area contributed by atoms with Crippen LogP contribution in [-0.4, -0.2) is 69.9 Å². The van der Waals surface area contributed by atoms with E-state index in [1.807, 2.05) is 16.9 Å². The molecule has 229 valence electrons. The lowest BCUT2D eigenvalue weighted by Crippen LogP contribution is -2.46. The van der Waals surface area contributed by atoms with Gasteiger partial charge in [0.25, 0.3) is 0 Å². The minimum absolute atomic E-state index is 0.0338. The Bertz CT molecular complexity index is 1620. The Kier molecular flexibility index (Phi) is 9.59. The third-order valence-corrected chi connectivity index (χ3v) is 13.3. The maximum atomic E-state index is 12.4. The van der Waals surface area contributed by atoms with Crippen LogP contribution in [0.2, 0.25) is 23.2 Å². The van der Waals surface area contributed by atoms with Gasteiger partial charge in [0.1, 0.15) is 12.3 Å². The van der Waals surface area contributed by atoms with E-state index < -0.39 is 13.7 Å². The van der Waals surface area contributed by atoms with Crippen LogP contribution in [-0.2, 0) is 25.9 Å². The molecular weight excluding hydrogens is 591 g/mol. The van der Waals surface area contributed by atoms with E-state index in [9.17, 15) is 14.9 Å². The number of hydrogen-bond acceptors (Lipinski definition) is 8. The molecule has 2 heterocycles. The highest BCUT2D eigenvalue weighted by Gasteiger charge is 2.44. The predicted octanol–water partition coefficient (Wildman–Crippen LogP) is 5.95. The number of hydrogen-bond donors (Lipinski definition) is 1. The molecule has 4 rings (SSSR count). The van der Waals surface area contributed by atoms with Crippen molar-refractivity contribution in [3.63, 3.8) is 0 Å². The van der Waals surface area contributed by atoms with Gasteiger partial charge in [0.2, 0.25) is 11.9 Å². The van der Waals surface area contributed by atoms with Crippen molar-refractivity contribution in [2.24, 2.45) is 0 Å². The second kappa shape index (κ2) is 12.7. The van der Waals surface area contributed by atoms with E-state index in [1.54, 1.807) is 44.6 Å². The Morgan fingerprint density at radius 2 is 2.00 bits per heavy atom. The fraction of sp³-hybridized carbons (Fsp3) is 0.406. The third-order valence-electron chi connectivity index (χ3n) is 8.60. The van der Waals surface area contributed by atoms with Crippen LogP contribution >= 0.6 is 11.6 Å². The van der Waals surface area contributed by atoms with Gasteiger partial charge in [-0.05, 0) is 59.6 Å². The van der Waals surface area contributed by atoms with Crippen molar-refractivity contribution in [1.82, 2.24) is 14.9 Å². The van der Waals surface area contributed by atoms with Gasteiger partial charge in [0.05, 0.1) is 17.7 Å². The highest BCUT2D eigenvalue weighted by atomic mass is 35.5. The van der Waals surface area contributed by atoms with Gasteiger partial charge in [-0.25, -0.2) is 9.97 Å². The van der Waals surface area contributed by atoms with Crippen LogP contribution in [0.1, 0.15) is 44.4 Å². The first-order chi connectivity index (χ1) is 20.6. The number of likely N-dealkylation sites (N-methyl/N-ethyl adjacent to an activating group) is 1. The summed E-state index contributed by atoms with van der Waals surface area (Å²) in [5.41, 5.74) is 4.35. The Labute approximate surface area is 267 Å². The number of aromatic nitrogens is 2. The van der Waals surface area contributed by atoms with Gasteiger partial charge in [-0.1, -0.05) is 45.4 Å². The summed E-state index contributed by atoms with van der Waals surface area (Å²) in [6.07, 6.45) is 2.58. The Balaban J connectivity index is 1.74. The summed E-state index contributed by atoms with van der Waals surface area (Å²) in [4.78, 5) is 36.6. The van der Waals surface area contributed by atoms with E-state index >= 15 is 0 Å². The van der Waals surface area contributed by atoms with E-state index in [0.717, 1.165) is 22.9 Å². The summed E-state index contributed by atoms with van der Waals surface area (Å²) in [5, 5.41) is 14.0. The number of rotatable bonds is 10. The molecule has 1 N–H and O–H groups in total. The summed E-state index contributed by atoms with van der Waals surface area (Å²) in [6, 6.07) is 13.2. The number of nitriles is 1. The van der Waals surface area contributed by atoms with Gasteiger partial charge < -0.3 is 24.2 Å². The number of fused-ring (bicyclic) bond motifs is 1.